The number of methoxy groups -OCH3 is 1. The first-order valence-corrected chi connectivity index (χ1v) is 10.2. The van der Waals surface area contributed by atoms with Crippen molar-refractivity contribution in [2.45, 2.75) is 6.92 Å². The molecule has 2 heterocycles. The second-order valence-electron chi connectivity index (χ2n) is 7.30. The van der Waals surface area contributed by atoms with E-state index in [1.165, 1.54) is 19.2 Å². The summed E-state index contributed by atoms with van der Waals surface area (Å²) in [6, 6.07) is 13.1. The second kappa shape index (κ2) is 9.61. The molecule has 32 heavy (non-hydrogen) atoms. The molecule has 2 aromatic carbocycles. The van der Waals surface area contributed by atoms with Crippen LogP contribution in [0.3, 0.4) is 0 Å². The number of hydrogen-bond donors (Lipinski definition) is 2. The Hall–Kier alpha value is -3.72. The molecule has 1 fully saturated rings. The summed E-state index contributed by atoms with van der Waals surface area (Å²) in [7, 11) is 1.37. The number of anilines is 4. The molecule has 9 heteroatoms. The molecule has 0 radical (unpaired) electrons. The monoisotopic (exact) mass is 437 g/mol. The highest BCUT2D eigenvalue weighted by molar-refractivity contribution is 6.04. The number of nitrogens with one attached hydrogen (secondary N) is 2. The number of benzene rings is 2. The van der Waals surface area contributed by atoms with Crippen molar-refractivity contribution in [2.75, 3.05) is 48.9 Å². The Morgan fingerprint density at radius 2 is 1.78 bits per heavy atom. The Bertz CT molecular complexity index is 1100. The van der Waals surface area contributed by atoms with Crippen molar-refractivity contribution in [1.29, 1.82) is 0 Å². The molecule has 0 bridgehead atoms. The van der Waals surface area contributed by atoms with Gasteiger partial charge in [0.15, 0.2) is 11.6 Å². The lowest BCUT2D eigenvalue weighted by molar-refractivity contribution is 0.102. The molecule has 1 amide bonds. The van der Waals surface area contributed by atoms with Crippen molar-refractivity contribution in [2.24, 2.45) is 0 Å². The zero-order valence-electron chi connectivity index (χ0n) is 17.9. The molecule has 0 atom stereocenters. The zero-order valence-corrected chi connectivity index (χ0v) is 17.9. The average molecular weight is 437 g/mol. The van der Waals surface area contributed by atoms with Gasteiger partial charge in [0.05, 0.1) is 20.3 Å². The van der Waals surface area contributed by atoms with Gasteiger partial charge in [-0.1, -0.05) is 0 Å². The van der Waals surface area contributed by atoms with Crippen LogP contribution in [0.1, 0.15) is 16.1 Å². The molecule has 0 spiro atoms. The first-order valence-electron chi connectivity index (χ1n) is 10.2. The second-order valence-corrected chi connectivity index (χ2v) is 7.30. The van der Waals surface area contributed by atoms with Gasteiger partial charge in [-0.2, -0.15) is 4.98 Å². The third-order valence-corrected chi connectivity index (χ3v) is 4.99. The van der Waals surface area contributed by atoms with E-state index in [0.717, 1.165) is 36.4 Å². The minimum absolute atomic E-state index is 0.0899. The highest BCUT2D eigenvalue weighted by atomic mass is 19.1. The highest BCUT2D eigenvalue weighted by Crippen LogP contribution is 2.22. The van der Waals surface area contributed by atoms with Crippen LogP contribution >= 0.6 is 0 Å². The van der Waals surface area contributed by atoms with Gasteiger partial charge in [0.2, 0.25) is 5.95 Å². The smallest absolute Gasteiger partial charge is 0.255 e. The molecule has 1 saturated heterocycles. The summed E-state index contributed by atoms with van der Waals surface area (Å²) in [5.41, 5.74) is 2.42. The molecule has 166 valence electrons. The van der Waals surface area contributed by atoms with Crippen LogP contribution in [0.5, 0.6) is 5.75 Å². The number of halogens is 1. The lowest BCUT2D eigenvalue weighted by Crippen LogP contribution is -2.36. The molecule has 4 rings (SSSR count). The summed E-state index contributed by atoms with van der Waals surface area (Å²) >= 11 is 0. The molecular formula is C23H24FN5O3. The number of rotatable bonds is 6. The third-order valence-electron chi connectivity index (χ3n) is 4.99. The summed E-state index contributed by atoms with van der Waals surface area (Å²) < 4.78 is 24.1. The van der Waals surface area contributed by atoms with E-state index in [4.69, 9.17) is 9.47 Å². The molecule has 1 aliphatic rings. The van der Waals surface area contributed by atoms with E-state index in [2.05, 4.69) is 25.5 Å². The van der Waals surface area contributed by atoms with Crippen LogP contribution in [0.2, 0.25) is 0 Å². The van der Waals surface area contributed by atoms with Gasteiger partial charge in [0.25, 0.3) is 5.91 Å². The van der Waals surface area contributed by atoms with Crippen LogP contribution in [0.25, 0.3) is 0 Å². The summed E-state index contributed by atoms with van der Waals surface area (Å²) in [6.45, 7) is 4.88. The first kappa shape index (κ1) is 21.5. The van der Waals surface area contributed by atoms with Crippen molar-refractivity contribution in [3.63, 3.8) is 0 Å². The molecule has 0 aliphatic carbocycles. The highest BCUT2D eigenvalue weighted by Gasteiger charge is 2.14. The predicted octanol–water partition coefficient (Wildman–Crippen LogP) is 3.77. The molecule has 2 N–H and O–H groups in total. The summed E-state index contributed by atoms with van der Waals surface area (Å²) in [6.07, 6.45) is 0. The number of ether oxygens (including phenoxy) is 2. The van der Waals surface area contributed by atoms with Gasteiger partial charge in [0.1, 0.15) is 5.82 Å². The third kappa shape index (κ3) is 5.12. The van der Waals surface area contributed by atoms with Crippen molar-refractivity contribution >= 4 is 29.0 Å². The van der Waals surface area contributed by atoms with Gasteiger partial charge in [-0.25, -0.2) is 9.37 Å². The largest absolute Gasteiger partial charge is 0.494 e. The van der Waals surface area contributed by atoms with E-state index in [1.54, 1.807) is 12.1 Å². The quantitative estimate of drug-likeness (QED) is 0.607. The van der Waals surface area contributed by atoms with Gasteiger partial charge in [0, 0.05) is 41.8 Å². The lowest BCUT2D eigenvalue weighted by atomic mass is 10.2. The predicted molar refractivity (Wildman–Crippen MR) is 120 cm³/mol. The molecular weight excluding hydrogens is 413 g/mol. The molecule has 0 saturated carbocycles. The number of hydrogen-bond acceptors (Lipinski definition) is 7. The van der Waals surface area contributed by atoms with Crippen LogP contribution in [0.15, 0.2) is 48.5 Å². The number of morpholine rings is 1. The fourth-order valence-electron chi connectivity index (χ4n) is 3.34. The van der Waals surface area contributed by atoms with Crippen LogP contribution < -0.4 is 20.3 Å². The molecule has 0 unspecified atom stereocenters. The van der Waals surface area contributed by atoms with Crippen molar-refractivity contribution in [1.82, 2.24) is 9.97 Å². The minimum atomic E-state index is -0.589. The number of amides is 1. The summed E-state index contributed by atoms with van der Waals surface area (Å²) in [5.74, 6) is 0.446. The van der Waals surface area contributed by atoms with E-state index < -0.39 is 11.7 Å². The number of aromatic nitrogens is 2. The molecule has 3 aromatic rings. The summed E-state index contributed by atoms with van der Waals surface area (Å²) in [4.78, 5) is 23.6. The number of nitrogens with zero attached hydrogens (tertiary/aromatic N) is 3. The Labute approximate surface area is 185 Å². The van der Waals surface area contributed by atoms with Crippen LogP contribution in [0, 0.1) is 12.7 Å². The normalized spacial score (nSPS) is 13.5. The topological polar surface area (TPSA) is 88.6 Å². The van der Waals surface area contributed by atoms with E-state index in [-0.39, 0.29) is 11.3 Å². The minimum Gasteiger partial charge on any atom is -0.494 e. The van der Waals surface area contributed by atoms with Gasteiger partial charge in [-0.15, -0.1) is 0 Å². The average Bonchev–Trinajstić information content (AvgIpc) is 2.80. The molecule has 8 nitrogen and oxygen atoms in total. The summed E-state index contributed by atoms with van der Waals surface area (Å²) in [5, 5.41) is 5.95. The Morgan fingerprint density at radius 1 is 1.06 bits per heavy atom. The molecule has 1 aliphatic heterocycles. The van der Waals surface area contributed by atoms with E-state index in [1.807, 2.05) is 25.1 Å². The maximum atomic E-state index is 13.9. The van der Waals surface area contributed by atoms with Gasteiger partial charge < -0.3 is 25.0 Å². The Kier molecular flexibility index (Phi) is 6.46. The number of aryl methyl sites for hydroxylation is 1. The fourth-order valence-corrected chi connectivity index (χ4v) is 3.34. The number of carbonyl (C=O) groups is 1. The standard InChI is InChI=1S/C23H24FN5O3/c1-15-13-21(29-9-11-32-12-10-29)28-23(25-15)27-18-6-4-17(5-7-18)26-22(30)16-3-8-20(31-2)19(24)14-16/h3-8,13-14H,9-12H2,1-2H3,(H,26,30)(H,25,27,28). The maximum absolute atomic E-state index is 13.9. The van der Waals surface area contributed by atoms with Crippen LogP contribution in [-0.4, -0.2) is 49.3 Å². The van der Waals surface area contributed by atoms with Gasteiger partial charge in [-0.3, -0.25) is 4.79 Å². The van der Waals surface area contributed by atoms with Crippen LogP contribution in [-0.2, 0) is 4.74 Å². The van der Waals surface area contributed by atoms with Crippen molar-refractivity contribution in [3.05, 3.63) is 65.6 Å². The zero-order chi connectivity index (χ0) is 22.5. The van der Waals surface area contributed by atoms with E-state index >= 15 is 0 Å². The SMILES string of the molecule is COc1ccc(C(=O)Nc2ccc(Nc3nc(C)cc(N4CCOCC4)n3)cc2)cc1F. The number of carbonyl (C=O) groups excluding carboxylic acids is 1. The molecule has 1 aromatic heterocycles. The first-order chi connectivity index (χ1) is 15.5. The van der Waals surface area contributed by atoms with Crippen LogP contribution in [0.4, 0.5) is 27.5 Å². The Balaban J connectivity index is 1.42. The van der Waals surface area contributed by atoms with Gasteiger partial charge in [-0.05, 0) is 49.4 Å². The lowest BCUT2D eigenvalue weighted by Gasteiger charge is -2.28. The maximum Gasteiger partial charge on any atom is 0.255 e. The van der Waals surface area contributed by atoms with E-state index in [9.17, 15) is 9.18 Å². The van der Waals surface area contributed by atoms with Crippen molar-refractivity contribution < 1.29 is 18.7 Å². The van der Waals surface area contributed by atoms with E-state index in [0.29, 0.717) is 24.8 Å². The van der Waals surface area contributed by atoms with Gasteiger partial charge >= 0.3 is 0 Å². The van der Waals surface area contributed by atoms with Crippen molar-refractivity contribution in [3.8, 4) is 5.75 Å². The Morgan fingerprint density at radius 3 is 2.47 bits per heavy atom. The fraction of sp³-hybridized carbons (Fsp3) is 0.261.